The average Bonchev–Trinajstić information content (AvgIpc) is 3.34. The third kappa shape index (κ3) is 4.70. The Morgan fingerprint density at radius 1 is 1.13 bits per heavy atom. The van der Waals surface area contributed by atoms with Crippen molar-refractivity contribution in [3.63, 3.8) is 0 Å². The number of carbonyl (C=O) groups excluding carboxylic acids is 4. The van der Waals surface area contributed by atoms with Crippen molar-refractivity contribution in [2.45, 2.75) is 20.8 Å². The molecule has 3 heterocycles. The van der Waals surface area contributed by atoms with Gasteiger partial charge in [-0.05, 0) is 31.5 Å². The minimum atomic E-state index is -0.652. The molecule has 3 rings (SSSR count). The molecule has 3 amide bonds. The number of hydrogen-bond donors (Lipinski definition) is 1. The number of nitrogens with zero attached hydrogens (tertiary/aromatic N) is 2. The van der Waals surface area contributed by atoms with Gasteiger partial charge in [0.2, 0.25) is 5.91 Å². The molecular weight excluding hydrogens is 410 g/mol. The lowest BCUT2D eigenvalue weighted by atomic mass is 10.1. The van der Waals surface area contributed by atoms with Gasteiger partial charge in [0.1, 0.15) is 5.00 Å². The molecule has 9 nitrogen and oxygen atoms in total. The van der Waals surface area contributed by atoms with Crippen molar-refractivity contribution in [2.24, 2.45) is 0 Å². The lowest BCUT2D eigenvalue weighted by molar-refractivity contribution is -0.136. The minimum Gasteiger partial charge on any atom is -0.459 e. The van der Waals surface area contributed by atoms with Crippen LogP contribution in [-0.4, -0.2) is 66.3 Å². The lowest BCUT2D eigenvalue weighted by Gasteiger charge is -2.34. The van der Waals surface area contributed by atoms with E-state index in [0.29, 0.717) is 36.7 Å². The summed E-state index contributed by atoms with van der Waals surface area (Å²) in [5.41, 5.74) is 0.987. The van der Waals surface area contributed by atoms with Crippen LogP contribution in [0.3, 0.4) is 0 Å². The fraction of sp³-hybridized carbons (Fsp3) is 0.400. The highest BCUT2D eigenvalue weighted by Crippen LogP contribution is 2.33. The van der Waals surface area contributed by atoms with Crippen LogP contribution in [0.1, 0.15) is 38.3 Å². The highest BCUT2D eigenvalue weighted by molar-refractivity contribution is 7.16. The van der Waals surface area contributed by atoms with Crippen molar-refractivity contribution >= 4 is 40.0 Å². The second-order valence-electron chi connectivity index (χ2n) is 6.89. The van der Waals surface area contributed by atoms with Crippen LogP contribution in [0.4, 0.5) is 5.00 Å². The summed E-state index contributed by atoms with van der Waals surface area (Å²) in [7, 11) is 0. The number of esters is 1. The van der Waals surface area contributed by atoms with Crippen LogP contribution in [0, 0.1) is 13.8 Å². The van der Waals surface area contributed by atoms with Crippen LogP contribution in [-0.2, 0) is 14.3 Å². The zero-order valence-corrected chi connectivity index (χ0v) is 17.8. The first-order valence-corrected chi connectivity index (χ1v) is 10.2. The number of furan rings is 1. The molecule has 0 aromatic carbocycles. The summed E-state index contributed by atoms with van der Waals surface area (Å²) >= 11 is 1.29. The summed E-state index contributed by atoms with van der Waals surface area (Å²) in [6, 6.07) is 3.25. The fourth-order valence-electron chi connectivity index (χ4n) is 3.13. The number of nitrogens with one attached hydrogen (secondary N) is 1. The smallest absolute Gasteiger partial charge is 0.341 e. The maximum absolute atomic E-state index is 12.5. The average molecular weight is 433 g/mol. The van der Waals surface area contributed by atoms with E-state index in [1.807, 2.05) is 6.92 Å². The largest absolute Gasteiger partial charge is 0.459 e. The van der Waals surface area contributed by atoms with Gasteiger partial charge in [0.05, 0.1) is 11.8 Å². The van der Waals surface area contributed by atoms with Crippen LogP contribution in [0.5, 0.6) is 0 Å². The van der Waals surface area contributed by atoms with Gasteiger partial charge in [0.25, 0.3) is 11.8 Å². The number of amides is 3. The second-order valence-corrected chi connectivity index (χ2v) is 8.12. The molecule has 0 bridgehead atoms. The van der Waals surface area contributed by atoms with Crippen molar-refractivity contribution in [3.05, 3.63) is 40.2 Å². The Morgan fingerprint density at radius 3 is 2.40 bits per heavy atom. The normalized spacial score (nSPS) is 13.8. The van der Waals surface area contributed by atoms with E-state index < -0.39 is 12.6 Å². The first-order valence-electron chi connectivity index (χ1n) is 9.43. The van der Waals surface area contributed by atoms with Crippen LogP contribution < -0.4 is 5.32 Å². The minimum absolute atomic E-state index is 0.215. The summed E-state index contributed by atoms with van der Waals surface area (Å²) in [6.45, 7) is 6.00. The van der Waals surface area contributed by atoms with Gasteiger partial charge in [-0.25, -0.2) is 4.79 Å². The van der Waals surface area contributed by atoms with Crippen molar-refractivity contribution in [3.8, 4) is 0 Å². The summed E-state index contributed by atoms with van der Waals surface area (Å²) < 4.78 is 10.3. The monoisotopic (exact) mass is 433 g/mol. The van der Waals surface area contributed by atoms with Crippen LogP contribution >= 0.6 is 11.3 Å². The molecule has 1 aliphatic heterocycles. The molecule has 0 atom stereocenters. The lowest BCUT2D eigenvalue weighted by Crippen LogP contribution is -2.51. The van der Waals surface area contributed by atoms with E-state index in [1.165, 1.54) is 24.5 Å². The van der Waals surface area contributed by atoms with Gasteiger partial charge < -0.3 is 24.3 Å². The maximum atomic E-state index is 12.5. The standard InChI is InChI=1S/C20H23N3O6S/c1-12-13(2)30-18(21-14(3)24)17(12)20(27)29-11-16(25)22-6-8-23(9-7-22)19(26)15-5-4-10-28-15/h4-5,10H,6-9,11H2,1-3H3,(H,21,24). The Balaban J connectivity index is 1.53. The van der Waals surface area contributed by atoms with Gasteiger partial charge in [0, 0.05) is 38.0 Å². The molecule has 0 radical (unpaired) electrons. The van der Waals surface area contributed by atoms with Gasteiger partial charge in [-0.1, -0.05) is 0 Å². The maximum Gasteiger partial charge on any atom is 0.341 e. The van der Waals surface area contributed by atoms with Crippen LogP contribution in [0.2, 0.25) is 0 Å². The van der Waals surface area contributed by atoms with Gasteiger partial charge in [-0.3, -0.25) is 14.4 Å². The number of thiophene rings is 1. The van der Waals surface area contributed by atoms with Gasteiger partial charge >= 0.3 is 5.97 Å². The third-order valence-electron chi connectivity index (χ3n) is 4.86. The van der Waals surface area contributed by atoms with E-state index in [2.05, 4.69) is 5.32 Å². The highest BCUT2D eigenvalue weighted by Gasteiger charge is 2.27. The summed E-state index contributed by atoms with van der Waals surface area (Å²) in [6.07, 6.45) is 1.44. The summed E-state index contributed by atoms with van der Waals surface area (Å²) in [5.74, 6) is -1.23. The molecule has 0 saturated carbocycles. The molecule has 0 unspecified atom stereocenters. The van der Waals surface area contributed by atoms with E-state index >= 15 is 0 Å². The predicted molar refractivity (Wildman–Crippen MR) is 110 cm³/mol. The van der Waals surface area contributed by atoms with E-state index in [9.17, 15) is 19.2 Å². The van der Waals surface area contributed by atoms with Crippen molar-refractivity contribution in [1.29, 1.82) is 0 Å². The van der Waals surface area contributed by atoms with E-state index in [1.54, 1.807) is 28.9 Å². The Morgan fingerprint density at radius 2 is 1.80 bits per heavy atom. The van der Waals surface area contributed by atoms with Crippen molar-refractivity contribution in [2.75, 3.05) is 38.1 Å². The summed E-state index contributed by atoms with van der Waals surface area (Å²) in [4.78, 5) is 52.7. The van der Waals surface area contributed by atoms with E-state index in [4.69, 9.17) is 9.15 Å². The van der Waals surface area contributed by atoms with Crippen molar-refractivity contribution < 1.29 is 28.3 Å². The number of aryl methyl sites for hydroxylation is 1. The number of ether oxygens (including phenoxy) is 1. The van der Waals surface area contributed by atoms with Crippen LogP contribution in [0.25, 0.3) is 0 Å². The molecule has 160 valence electrons. The molecule has 2 aromatic heterocycles. The molecule has 1 aliphatic rings. The molecule has 0 aliphatic carbocycles. The van der Waals surface area contributed by atoms with E-state index in [0.717, 1.165) is 4.88 Å². The number of rotatable bonds is 5. The molecule has 1 N–H and O–H groups in total. The zero-order chi connectivity index (χ0) is 21.8. The zero-order valence-electron chi connectivity index (χ0n) is 17.0. The quantitative estimate of drug-likeness (QED) is 0.723. The number of carbonyl (C=O) groups is 4. The molecule has 2 aromatic rings. The first-order chi connectivity index (χ1) is 14.3. The van der Waals surface area contributed by atoms with Crippen molar-refractivity contribution in [1.82, 2.24) is 9.80 Å². The highest BCUT2D eigenvalue weighted by atomic mass is 32.1. The second kappa shape index (κ2) is 9.12. The first kappa shape index (κ1) is 21.6. The Kier molecular flexibility index (Phi) is 6.56. The van der Waals surface area contributed by atoms with E-state index in [-0.39, 0.29) is 29.0 Å². The number of anilines is 1. The molecule has 10 heteroatoms. The molecular formula is C20H23N3O6S. The number of piperazine rings is 1. The Bertz CT molecular complexity index is 958. The summed E-state index contributed by atoms with van der Waals surface area (Å²) in [5, 5.41) is 3.05. The third-order valence-corrected chi connectivity index (χ3v) is 5.98. The Hall–Kier alpha value is -3.14. The predicted octanol–water partition coefficient (Wildman–Crippen LogP) is 2.06. The van der Waals surface area contributed by atoms with Gasteiger partial charge in [0.15, 0.2) is 12.4 Å². The molecule has 0 spiro atoms. The topological polar surface area (TPSA) is 109 Å². The molecule has 1 fully saturated rings. The van der Waals surface area contributed by atoms with Crippen LogP contribution in [0.15, 0.2) is 22.8 Å². The SMILES string of the molecule is CC(=O)Nc1sc(C)c(C)c1C(=O)OCC(=O)N1CCN(C(=O)c2ccco2)CC1. The van der Waals surface area contributed by atoms with Gasteiger partial charge in [-0.15, -0.1) is 11.3 Å². The van der Waals surface area contributed by atoms with Gasteiger partial charge in [-0.2, -0.15) is 0 Å². The number of hydrogen-bond acceptors (Lipinski definition) is 7. The molecule has 30 heavy (non-hydrogen) atoms. The fourth-order valence-corrected chi connectivity index (χ4v) is 4.22. The molecule has 1 saturated heterocycles. The Labute approximate surface area is 177 Å².